The van der Waals surface area contributed by atoms with Gasteiger partial charge in [-0.15, -0.1) is 0 Å². The normalized spacial score (nSPS) is 14.5. The fourth-order valence-corrected chi connectivity index (χ4v) is 1.91. The molecule has 0 saturated carbocycles. The predicted octanol–water partition coefficient (Wildman–Crippen LogP) is 1.85. The van der Waals surface area contributed by atoms with Crippen LogP contribution in [-0.4, -0.2) is 30.3 Å². The maximum absolute atomic E-state index is 11.8. The molecule has 0 aromatic carbocycles. The number of hydrogen-bond donors (Lipinski definition) is 0. The Balaban J connectivity index is 2.24. The third-order valence-corrected chi connectivity index (χ3v) is 3.67. The zero-order valence-corrected chi connectivity index (χ0v) is 11.7. The van der Waals surface area contributed by atoms with Gasteiger partial charge in [-0.3, -0.25) is 9.67 Å². The third-order valence-electron chi connectivity index (χ3n) is 2.33. The maximum Gasteiger partial charge on any atom is 0.144 e. The van der Waals surface area contributed by atoms with Crippen molar-refractivity contribution in [2.45, 2.75) is 25.5 Å². The van der Waals surface area contributed by atoms with Crippen molar-refractivity contribution in [3.05, 3.63) is 24.2 Å². The fraction of sp³-hybridized carbons (Fsp3) is 0.417. The molecular weight excluding hydrogens is 248 g/mol. The minimum absolute atomic E-state index is 0.356. The summed E-state index contributed by atoms with van der Waals surface area (Å²) >= 11 is -1.26. The quantitative estimate of drug-likeness (QED) is 0.614. The van der Waals surface area contributed by atoms with Gasteiger partial charge in [0.05, 0.1) is 11.2 Å². The molecule has 0 aliphatic heterocycles. The van der Waals surface area contributed by atoms with Gasteiger partial charge in [0, 0.05) is 24.8 Å². The lowest BCUT2D eigenvalue weighted by atomic mass is 10.3. The second-order valence-electron chi connectivity index (χ2n) is 5.07. The molecular formula is C12H16N4OS. The van der Waals surface area contributed by atoms with Crippen LogP contribution < -0.4 is 0 Å². The first-order valence-corrected chi connectivity index (χ1v) is 6.72. The van der Waals surface area contributed by atoms with E-state index in [9.17, 15) is 4.55 Å². The molecule has 0 saturated heterocycles. The van der Waals surface area contributed by atoms with Gasteiger partial charge in [0.25, 0.3) is 0 Å². The van der Waals surface area contributed by atoms with Crippen molar-refractivity contribution in [3.63, 3.8) is 0 Å². The molecule has 0 spiro atoms. The summed E-state index contributed by atoms with van der Waals surface area (Å²) in [7, 11) is 1.86. The van der Waals surface area contributed by atoms with Gasteiger partial charge in [-0.2, -0.15) is 5.10 Å². The molecule has 5 nitrogen and oxygen atoms in total. The van der Waals surface area contributed by atoms with Crippen molar-refractivity contribution in [2.24, 2.45) is 11.4 Å². The van der Waals surface area contributed by atoms with Crippen molar-refractivity contribution in [1.29, 1.82) is 0 Å². The zero-order chi connectivity index (χ0) is 13.3. The summed E-state index contributed by atoms with van der Waals surface area (Å²) in [5.74, 6) is 0. The van der Waals surface area contributed by atoms with Crippen LogP contribution in [0, 0.1) is 0 Å². The second kappa shape index (κ2) is 4.70. The largest absolute Gasteiger partial charge is 0.591 e. The summed E-state index contributed by atoms with van der Waals surface area (Å²) < 4.78 is 17.2. The van der Waals surface area contributed by atoms with Crippen LogP contribution in [0.25, 0.3) is 10.9 Å². The number of rotatable bonds is 2. The van der Waals surface area contributed by atoms with E-state index in [2.05, 4.69) is 14.5 Å². The molecule has 0 radical (unpaired) electrons. The molecule has 0 amide bonds. The number of pyridine rings is 1. The Morgan fingerprint density at radius 2 is 2.17 bits per heavy atom. The van der Waals surface area contributed by atoms with E-state index < -0.39 is 11.4 Å². The van der Waals surface area contributed by atoms with E-state index in [1.54, 1.807) is 10.9 Å². The molecule has 0 aliphatic rings. The van der Waals surface area contributed by atoms with Crippen LogP contribution in [0.5, 0.6) is 0 Å². The van der Waals surface area contributed by atoms with Crippen LogP contribution in [0.2, 0.25) is 0 Å². The van der Waals surface area contributed by atoms with Gasteiger partial charge in [0.15, 0.2) is 0 Å². The van der Waals surface area contributed by atoms with Crippen molar-refractivity contribution in [1.82, 2.24) is 14.8 Å². The minimum atomic E-state index is -1.26. The number of nitrogens with zero attached hydrogens (tertiary/aromatic N) is 4. The highest BCUT2D eigenvalue weighted by atomic mass is 32.2. The van der Waals surface area contributed by atoms with Crippen molar-refractivity contribution < 1.29 is 4.55 Å². The molecule has 0 fully saturated rings. The Labute approximate surface area is 109 Å². The Hall–Kier alpha value is -1.40. The van der Waals surface area contributed by atoms with Crippen molar-refractivity contribution in [2.75, 3.05) is 0 Å². The monoisotopic (exact) mass is 264 g/mol. The van der Waals surface area contributed by atoms with Gasteiger partial charge < -0.3 is 4.55 Å². The lowest BCUT2D eigenvalue weighted by molar-refractivity contribution is 0.562. The smallest absolute Gasteiger partial charge is 0.144 e. The summed E-state index contributed by atoms with van der Waals surface area (Å²) in [5.41, 5.74) is 1.52. The van der Waals surface area contributed by atoms with Crippen LogP contribution in [0.15, 0.2) is 22.9 Å². The third kappa shape index (κ3) is 2.88. The van der Waals surface area contributed by atoms with Gasteiger partial charge in [-0.05, 0) is 26.8 Å². The lowest BCUT2D eigenvalue weighted by Crippen LogP contribution is -2.25. The highest BCUT2D eigenvalue weighted by Gasteiger charge is 2.25. The fourth-order valence-electron chi connectivity index (χ4n) is 1.39. The molecule has 2 aromatic heterocycles. The SMILES string of the molecule is Cn1cc2cnc(C=N[S+]([O-])C(C)(C)C)cc2n1. The maximum atomic E-state index is 11.8. The lowest BCUT2D eigenvalue weighted by Gasteiger charge is -2.17. The number of fused-ring (bicyclic) bond motifs is 1. The average molecular weight is 264 g/mol. The molecule has 1 unspecified atom stereocenters. The number of aryl methyl sites for hydroxylation is 1. The molecule has 0 bridgehead atoms. The highest BCUT2D eigenvalue weighted by molar-refractivity contribution is 7.91. The number of aromatic nitrogens is 3. The molecule has 2 heterocycles. The van der Waals surface area contributed by atoms with Crippen LogP contribution in [0.3, 0.4) is 0 Å². The summed E-state index contributed by atoms with van der Waals surface area (Å²) in [5, 5.41) is 5.27. The molecule has 2 rings (SSSR count). The van der Waals surface area contributed by atoms with Crippen LogP contribution in [0.4, 0.5) is 0 Å². The predicted molar refractivity (Wildman–Crippen MR) is 74.0 cm³/mol. The Morgan fingerprint density at radius 3 is 2.83 bits per heavy atom. The first-order chi connectivity index (χ1) is 8.36. The van der Waals surface area contributed by atoms with E-state index in [1.807, 2.05) is 40.1 Å². The van der Waals surface area contributed by atoms with Gasteiger partial charge in [-0.1, -0.05) is 4.40 Å². The first-order valence-electron chi connectivity index (χ1n) is 5.62. The van der Waals surface area contributed by atoms with Crippen molar-refractivity contribution >= 4 is 28.5 Å². The van der Waals surface area contributed by atoms with Gasteiger partial charge >= 0.3 is 0 Å². The van der Waals surface area contributed by atoms with Crippen LogP contribution in [0.1, 0.15) is 26.5 Å². The number of hydrogen-bond acceptors (Lipinski definition) is 4. The van der Waals surface area contributed by atoms with Crippen molar-refractivity contribution in [3.8, 4) is 0 Å². The first kappa shape index (κ1) is 13.0. The second-order valence-corrected chi connectivity index (χ2v) is 7.00. The molecule has 0 aliphatic carbocycles. The molecule has 1 atom stereocenters. The summed E-state index contributed by atoms with van der Waals surface area (Å²) in [6, 6.07) is 1.83. The van der Waals surface area contributed by atoms with Gasteiger partial charge in [0.1, 0.15) is 22.3 Å². The van der Waals surface area contributed by atoms with E-state index >= 15 is 0 Å². The summed E-state index contributed by atoms with van der Waals surface area (Å²) in [6.45, 7) is 5.65. The molecule has 0 N–H and O–H groups in total. The summed E-state index contributed by atoms with van der Waals surface area (Å²) in [4.78, 5) is 4.24. The van der Waals surface area contributed by atoms with E-state index in [4.69, 9.17) is 0 Å². The standard InChI is InChI=1S/C12H16N4OS/c1-12(2,3)18(17)14-7-10-5-11-9(6-13-10)8-16(4)15-11/h5-8H,1-4H3. The molecule has 18 heavy (non-hydrogen) atoms. The van der Waals surface area contributed by atoms with Gasteiger partial charge in [-0.25, -0.2) is 0 Å². The topological polar surface area (TPSA) is 66.1 Å². The van der Waals surface area contributed by atoms with E-state index in [0.717, 1.165) is 10.9 Å². The van der Waals surface area contributed by atoms with Crippen LogP contribution in [-0.2, 0) is 18.4 Å². The van der Waals surface area contributed by atoms with E-state index in [0.29, 0.717) is 5.69 Å². The average Bonchev–Trinajstić information content (AvgIpc) is 2.63. The van der Waals surface area contributed by atoms with E-state index in [-0.39, 0.29) is 4.75 Å². The molecule has 2 aromatic rings. The Bertz CT molecular complexity index is 585. The van der Waals surface area contributed by atoms with E-state index in [1.165, 1.54) is 6.21 Å². The summed E-state index contributed by atoms with van der Waals surface area (Å²) in [6.07, 6.45) is 5.18. The Kier molecular flexibility index (Phi) is 3.41. The molecule has 96 valence electrons. The van der Waals surface area contributed by atoms with Crippen LogP contribution >= 0.6 is 0 Å². The minimum Gasteiger partial charge on any atom is -0.591 e. The Morgan fingerprint density at radius 1 is 1.44 bits per heavy atom. The highest BCUT2D eigenvalue weighted by Crippen LogP contribution is 2.17. The zero-order valence-electron chi connectivity index (χ0n) is 10.9. The van der Waals surface area contributed by atoms with Gasteiger partial charge in [0.2, 0.25) is 0 Å². The molecule has 6 heteroatoms.